The van der Waals surface area contributed by atoms with E-state index >= 15 is 0 Å². The zero-order valence-electron chi connectivity index (χ0n) is 21.6. The molecule has 2 aromatic heterocycles. The maximum absolute atomic E-state index is 14.1. The Morgan fingerprint density at radius 1 is 1.22 bits per heavy atom. The van der Waals surface area contributed by atoms with Crippen LogP contribution in [0, 0.1) is 0 Å². The quantitative estimate of drug-likeness (QED) is 0.457. The summed E-state index contributed by atoms with van der Waals surface area (Å²) in [7, 11) is 6.68. The highest BCUT2D eigenvalue weighted by Crippen LogP contribution is 2.45. The number of hydrogen-bond donors (Lipinski definition) is 1. The molecule has 1 N–H and O–H groups in total. The van der Waals surface area contributed by atoms with Gasteiger partial charge in [-0.1, -0.05) is 23.2 Å². The summed E-state index contributed by atoms with van der Waals surface area (Å²) < 4.78 is 12.4. The summed E-state index contributed by atoms with van der Waals surface area (Å²) in [5.41, 5.74) is 0.762. The van der Waals surface area contributed by atoms with Crippen LogP contribution >= 0.6 is 23.2 Å². The number of nitrogens with one attached hydrogen (secondary N) is 1. The van der Waals surface area contributed by atoms with Gasteiger partial charge in [0, 0.05) is 68.9 Å². The lowest BCUT2D eigenvalue weighted by atomic mass is 10.0. The van der Waals surface area contributed by atoms with Crippen LogP contribution in [0.5, 0.6) is 11.5 Å². The number of methoxy groups -OCH3 is 2. The predicted molar refractivity (Wildman–Crippen MR) is 145 cm³/mol. The van der Waals surface area contributed by atoms with Gasteiger partial charge in [-0.05, 0) is 20.0 Å². The molecule has 4 rings (SSSR count). The first-order valence-electron chi connectivity index (χ1n) is 11.8. The fraction of sp³-hybridized carbons (Fsp3) is 0.440. The molecule has 3 heterocycles. The second-order valence-corrected chi connectivity index (χ2v) is 9.83. The molecule has 0 spiro atoms. The Hall–Kier alpha value is -3.08. The number of amides is 1. The zero-order valence-corrected chi connectivity index (χ0v) is 23.1. The topological polar surface area (TPSA) is 102 Å². The number of carbonyl (C=O) groups is 1. The van der Waals surface area contributed by atoms with Crippen LogP contribution < -0.4 is 20.3 Å². The summed E-state index contributed by atoms with van der Waals surface area (Å²) in [6, 6.07) is 3.42. The molecule has 0 aliphatic carbocycles. The van der Waals surface area contributed by atoms with E-state index in [0.29, 0.717) is 53.7 Å². The summed E-state index contributed by atoms with van der Waals surface area (Å²) in [5.74, 6) is 1.12. The largest absolute Gasteiger partial charge is 0.495 e. The van der Waals surface area contributed by atoms with E-state index in [-0.39, 0.29) is 39.2 Å². The average Bonchev–Trinajstić information content (AvgIpc) is 2.84. The molecule has 1 aliphatic heterocycles. The van der Waals surface area contributed by atoms with Gasteiger partial charge < -0.3 is 19.7 Å². The number of ether oxygens (including phenoxy) is 2. The highest BCUT2D eigenvalue weighted by molar-refractivity contribution is 6.41. The number of fused-ring (bicyclic) bond motifs is 1. The Balaban J connectivity index is 1.85. The van der Waals surface area contributed by atoms with Gasteiger partial charge in [-0.2, -0.15) is 4.98 Å². The third-order valence-electron chi connectivity index (χ3n) is 6.92. The second kappa shape index (κ2) is 10.7. The van der Waals surface area contributed by atoms with Crippen molar-refractivity contribution in [2.45, 2.75) is 32.5 Å². The standard InChI is InChI=1S/C25H30Cl2N6O4/c1-13(31(4)16-11-32(12-16)14(2)34)10-33-23-15(9-29-25(28-3)30-23)7-17(24(33)35)20-21(26)18(36-5)8-19(37-6)22(20)27/h7-9,13,16H,10-12H2,1-6H3,(H,28,29,30)/t13-/m0/s1. The summed E-state index contributed by atoms with van der Waals surface area (Å²) in [5, 5.41) is 3.97. The summed E-state index contributed by atoms with van der Waals surface area (Å²) in [6.45, 7) is 5.27. The number of nitrogens with zero attached hydrogens (tertiary/aromatic N) is 5. The first-order valence-corrected chi connectivity index (χ1v) is 12.5. The normalized spacial score (nSPS) is 14.6. The molecule has 10 nitrogen and oxygen atoms in total. The van der Waals surface area contributed by atoms with E-state index in [2.05, 4.69) is 20.2 Å². The van der Waals surface area contributed by atoms with Crippen molar-refractivity contribution in [3.63, 3.8) is 0 Å². The molecule has 1 aromatic carbocycles. The number of aromatic nitrogens is 3. The molecule has 198 valence electrons. The Morgan fingerprint density at radius 2 is 1.84 bits per heavy atom. The van der Waals surface area contributed by atoms with Gasteiger partial charge in [0.05, 0.1) is 29.8 Å². The van der Waals surface area contributed by atoms with Crippen LogP contribution in [0.3, 0.4) is 0 Å². The fourth-order valence-electron chi connectivity index (χ4n) is 4.47. The Labute approximate surface area is 225 Å². The molecule has 1 aliphatic rings. The van der Waals surface area contributed by atoms with E-state index in [4.69, 9.17) is 32.7 Å². The Bertz CT molecular complexity index is 1380. The first kappa shape index (κ1) is 27.0. The van der Waals surface area contributed by atoms with Crippen molar-refractivity contribution < 1.29 is 14.3 Å². The van der Waals surface area contributed by atoms with Crippen molar-refractivity contribution in [3.05, 3.63) is 38.7 Å². The van der Waals surface area contributed by atoms with E-state index < -0.39 is 0 Å². The van der Waals surface area contributed by atoms with Gasteiger partial charge in [0.15, 0.2) is 0 Å². The van der Waals surface area contributed by atoms with Gasteiger partial charge in [0.25, 0.3) is 5.56 Å². The van der Waals surface area contributed by atoms with E-state index in [9.17, 15) is 9.59 Å². The van der Waals surface area contributed by atoms with E-state index in [1.807, 2.05) is 14.0 Å². The van der Waals surface area contributed by atoms with E-state index in [1.54, 1.807) is 41.8 Å². The minimum Gasteiger partial charge on any atom is -0.495 e. The lowest BCUT2D eigenvalue weighted by molar-refractivity contribution is -0.136. The lowest BCUT2D eigenvalue weighted by Gasteiger charge is -2.45. The highest BCUT2D eigenvalue weighted by Gasteiger charge is 2.34. The van der Waals surface area contributed by atoms with Crippen molar-refractivity contribution in [1.29, 1.82) is 0 Å². The third kappa shape index (κ3) is 4.93. The summed E-state index contributed by atoms with van der Waals surface area (Å²) in [4.78, 5) is 38.6. The average molecular weight is 549 g/mol. The molecule has 1 atom stereocenters. The second-order valence-electron chi connectivity index (χ2n) is 9.07. The minimum absolute atomic E-state index is 0.0472. The van der Waals surface area contributed by atoms with Gasteiger partial charge in [-0.25, -0.2) is 4.98 Å². The van der Waals surface area contributed by atoms with Crippen LogP contribution in [0.2, 0.25) is 10.0 Å². The predicted octanol–water partition coefficient (Wildman–Crippen LogP) is 3.38. The van der Waals surface area contributed by atoms with Gasteiger partial charge >= 0.3 is 0 Å². The molecule has 1 fully saturated rings. The number of anilines is 1. The zero-order chi connectivity index (χ0) is 27.0. The summed E-state index contributed by atoms with van der Waals surface area (Å²) >= 11 is 13.3. The smallest absolute Gasteiger partial charge is 0.260 e. The molecular weight excluding hydrogens is 519 g/mol. The lowest BCUT2D eigenvalue weighted by Crippen LogP contribution is -2.61. The fourth-order valence-corrected chi connectivity index (χ4v) is 5.18. The molecule has 0 saturated carbocycles. The third-order valence-corrected chi connectivity index (χ3v) is 7.67. The number of likely N-dealkylation sites (tertiary alicyclic amines) is 1. The van der Waals surface area contributed by atoms with E-state index in [0.717, 1.165) is 0 Å². The molecular formula is C25H30Cl2N6O4. The Morgan fingerprint density at radius 3 is 2.38 bits per heavy atom. The van der Waals surface area contributed by atoms with E-state index in [1.165, 1.54) is 14.2 Å². The number of halogens is 2. The number of benzene rings is 1. The van der Waals surface area contributed by atoms with Crippen LogP contribution in [0.25, 0.3) is 22.2 Å². The number of pyridine rings is 1. The molecule has 1 saturated heterocycles. The van der Waals surface area contributed by atoms with Crippen molar-refractivity contribution in [3.8, 4) is 22.6 Å². The van der Waals surface area contributed by atoms with Gasteiger partial charge in [-0.15, -0.1) is 0 Å². The van der Waals surface area contributed by atoms with Crippen LogP contribution in [0.15, 0.2) is 23.1 Å². The Kier molecular flexibility index (Phi) is 7.82. The van der Waals surface area contributed by atoms with Gasteiger partial charge in [0.2, 0.25) is 11.9 Å². The van der Waals surface area contributed by atoms with Crippen LogP contribution in [-0.2, 0) is 11.3 Å². The van der Waals surface area contributed by atoms with Crippen LogP contribution in [0.1, 0.15) is 13.8 Å². The monoisotopic (exact) mass is 548 g/mol. The highest BCUT2D eigenvalue weighted by atomic mass is 35.5. The number of hydrogen-bond acceptors (Lipinski definition) is 8. The minimum atomic E-state index is -0.313. The first-order chi connectivity index (χ1) is 17.6. The van der Waals surface area contributed by atoms with Gasteiger partial charge in [0.1, 0.15) is 17.1 Å². The maximum Gasteiger partial charge on any atom is 0.260 e. The molecule has 37 heavy (non-hydrogen) atoms. The number of rotatable bonds is 8. The molecule has 12 heteroatoms. The molecule has 0 radical (unpaired) electrons. The molecule has 0 unspecified atom stereocenters. The molecule has 1 amide bonds. The number of likely N-dealkylation sites (N-methyl/N-ethyl adjacent to an activating group) is 1. The molecule has 3 aromatic rings. The number of carbonyl (C=O) groups excluding carboxylic acids is 1. The van der Waals surface area contributed by atoms with Crippen LogP contribution in [0.4, 0.5) is 5.95 Å². The van der Waals surface area contributed by atoms with Crippen molar-refractivity contribution in [2.24, 2.45) is 0 Å². The maximum atomic E-state index is 14.1. The van der Waals surface area contributed by atoms with Crippen LogP contribution in [-0.4, -0.2) is 83.7 Å². The van der Waals surface area contributed by atoms with Gasteiger partial charge in [-0.3, -0.25) is 19.1 Å². The molecule has 0 bridgehead atoms. The van der Waals surface area contributed by atoms with Crippen molar-refractivity contribution in [1.82, 2.24) is 24.3 Å². The van der Waals surface area contributed by atoms with Crippen molar-refractivity contribution >= 4 is 46.1 Å². The summed E-state index contributed by atoms with van der Waals surface area (Å²) in [6.07, 6.45) is 1.65. The van der Waals surface area contributed by atoms with Crippen molar-refractivity contribution in [2.75, 3.05) is 46.7 Å². The SMILES string of the molecule is CNc1ncc2cc(-c3c(Cl)c(OC)cc(OC)c3Cl)c(=O)n(C[C@H](C)N(C)C3CN(C(C)=O)C3)c2n1.